The van der Waals surface area contributed by atoms with Crippen LogP contribution in [0.1, 0.15) is 43.1 Å². The Morgan fingerprint density at radius 2 is 1.50 bits per heavy atom. The lowest BCUT2D eigenvalue weighted by atomic mass is 9.93. The van der Waals surface area contributed by atoms with Crippen LogP contribution in [0.2, 0.25) is 0 Å². The van der Waals surface area contributed by atoms with Gasteiger partial charge in [0.2, 0.25) is 0 Å². The highest BCUT2D eigenvalue weighted by Gasteiger charge is 2.13. The van der Waals surface area contributed by atoms with Crippen LogP contribution < -0.4 is 0 Å². The molecule has 4 heteroatoms. The van der Waals surface area contributed by atoms with E-state index in [1.54, 1.807) is 24.3 Å². The van der Waals surface area contributed by atoms with Gasteiger partial charge in [0, 0.05) is 0 Å². The van der Waals surface area contributed by atoms with E-state index in [0.717, 1.165) is 5.56 Å². The maximum absolute atomic E-state index is 10.3. The van der Waals surface area contributed by atoms with Gasteiger partial charge >= 0.3 is 11.9 Å². The van der Waals surface area contributed by atoms with Gasteiger partial charge in [0.15, 0.2) is 0 Å². The summed E-state index contributed by atoms with van der Waals surface area (Å²) in [5.41, 5.74) is 1.34. The number of benzene rings is 1. The van der Waals surface area contributed by atoms with Crippen molar-refractivity contribution in [3.63, 3.8) is 0 Å². The van der Waals surface area contributed by atoms with Gasteiger partial charge in [-0.05, 0) is 24.5 Å². The summed E-state index contributed by atoms with van der Waals surface area (Å²) >= 11 is 0. The van der Waals surface area contributed by atoms with Crippen molar-refractivity contribution in [1.29, 1.82) is 0 Å². The molecule has 0 aliphatic rings. The molecule has 0 heterocycles. The number of aryl methyl sites for hydroxylation is 1. The SMILES string of the molecule is CC(C)(C)CC(=O)O.Cc1ccc(C(=O)O)cc1. The molecule has 0 atom stereocenters. The van der Waals surface area contributed by atoms with Crippen LogP contribution in [-0.4, -0.2) is 22.2 Å². The minimum absolute atomic E-state index is 0.0775. The minimum Gasteiger partial charge on any atom is -0.481 e. The third kappa shape index (κ3) is 8.33. The number of carboxylic acid groups (broad SMARTS) is 2. The third-order valence-corrected chi connectivity index (χ3v) is 1.98. The third-order valence-electron chi connectivity index (χ3n) is 1.98. The zero-order valence-corrected chi connectivity index (χ0v) is 11.2. The molecule has 0 amide bonds. The molecule has 1 rings (SSSR count). The van der Waals surface area contributed by atoms with Crippen LogP contribution in [0.3, 0.4) is 0 Å². The molecule has 4 nitrogen and oxygen atoms in total. The van der Waals surface area contributed by atoms with Crippen LogP contribution in [0.25, 0.3) is 0 Å². The second kappa shape index (κ2) is 6.79. The van der Waals surface area contributed by atoms with E-state index in [1.807, 2.05) is 27.7 Å². The molecule has 0 bridgehead atoms. The van der Waals surface area contributed by atoms with Gasteiger partial charge in [0.25, 0.3) is 0 Å². The van der Waals surface area contributed by atoms with E-state index in [0.29, 0.717) is 5.56 Å². The molecule has 100 valence electrons. The Balaban J connectivity index is 0.000000331. The highest BCUT2D eigenvalue weighted by atomic mass is 16.4. The van der Waals surface area contributed by atoms with Crippen molar-refractivity contribution >= 4 is 11.9 Å². The molecule has 0 aromatic heterocycles. The molecular weight excluding hydrogens is 232 g/mol. The van der Waals surface area contributed by atoms with Gasteiger partial charge in [-0.25, -0.2) is 4.79 Å². The minimum atomic E-state index is -0.875. The Bertz CT molecular complexity index is 399. The maximum Gasteiger partial charge on any atom is 0.335 e. The van der Waals surface area contributed by atoms with E-state index < -0.39 is 11.9 Å². The first-order valence-electron chi connectivity index (χ1n) is 5.63. The number of hydrogen-bond donors (Lipinski definition) is 2. The van der Waals surface area contributed by atoms with Crippen molar-refractivity contribution in [3.05, 3.63) is 35.4 Å². The Labute approximate surface area is 107 Å². The molecule has 0 aliphatic carbocycles. The lowest BCUT2D eigenvalue weighted by Crippen LogP contribution is -2.11. The quantitative estimate of drug-likeness (QED) is 0.847. The topological polar surface area (TPSA) is 74.6 Å². The average molecular weight is 252 g/mol. The fraction of sp³-hybridized carbons (Fsp3) is 0.429. The number of hydrogen-bond acceptors (Lipinski definition) is 2. The summed E-state index contributed by atoms with van der Waals surface area (Å²) in [5, 5.41) is 16.7. The Hall–Kier alpha value is -1.84. The molecule has 0 fully saturated rings. The fourth-order valence-corrected chi connectivity index (χ4v) is 1.15. The zero-order valence-electron chi connectivity index (χ0n) is 11.2. The highest BCUT2D eigenvalue weighted by Crippen LogP contribution is 2.17. The largest absolute Gasteiger partial charge is 0.481 e. The van der Waals surface area contributed by atoms with E-state index in [-0.39, 0.29) is 11.8 Å². The first-order valence-corrected chi connectivity index (χ1v) is 5.63. The number of carbonyl (C=O) groups is 2. The molecular formula is C14H20O4. The summed E-state index contributed by atoms with van der Waals surface area (Å²) in [4.78, 5) is 20.3. The van der Waals surface area contributed by atoms with Gasteiger partial charge in [-0.3, -0.25) is 4.79 Å². The first kappa shape index (κ1) is 16.2. The number of aliphatic carboxylic acids is 1. The van der Waals surface area contributed by atoms with E-state index in [1.165, 1.54) is 0 Å². The van der Waals surface area contributed by atoms with Crippen LogP contribution in [0, 0.1) is 12.3 Å². The van der Waals surface area contributed by atoms with Crippen molar-refractivity contribution in [1.82, 2.24) is 0 Å². The summed E-state index contributed by atoms with van der Waals surface area (Å²) in [6, 6.07) is 6.75. The molecule has 0 saturated carbocycles. The predicted octanol–water partition coefficient (Wildman–Crippen LogP) is 3.20. The van der Waals surface area contributed by atoms with Gasteiger partial charge in [-0.1, -0.05) is 38.5 Å². The summed E-state index contributed by atoms with van der Waals surface area (Å²) in [6.45, 7) is 7.63. The van der Waals surface area contributed by atoms with Gasteiger partial charge in [0.05, 0.1) is 12.0 Å². The lowest BCUT2D eigenvalue weighted by molar-refractivity contribution is -0.139. The van der Waals surface area contributed by atoms with Crippen molar-refractivity contribution in [2.24, 2.45) is 5.41 Å². The van der Waals surface area contributed by atoms with E-state index >= 15 is 0 Å². The Kier molecular flexibility index (Phi) is 6.09. The molecule has 18 heavy (non-hydrogen) atoms. The van der Waals surface area contributed by atoms with E-state index in [4.69, 9.17) is 10.2 Å². The van der Waals surface area contributed by atoms with Crippen molar-refractivity contribution in [2.75, 3.05) is 0 Å². The van der Waals surface area contributed by atoms with Crippen molar-refractivity contribution < 1.29 is 19.8 Å². The van der Waals surface area contributed by atoms with Gasteiger partial charge in [-0.15, -0.1) is 0 Å². The molecule has 1 aromatic carbocycles. The molecule has 2 N–H and O–H groups in total. The van der Waals surface area contributed by atoms with Gasteiger partial charge in [0.1, 0.15) is 0 Å². The van der Waals surface area contributed by atoms with Crippen LogP contribution in [0.4, 0.5) is 0 Å². The highest BCUT2D eigenvalue weighted by molar-refractivity contribution is 5.87. The first-order chi connectivity index (χ1) is 8.11. The number of rotatable bonds is 2. The fourth-order valence-electron chi connectivity index (χ4n) is 1.15. The maximum atomic E-state index is 10.3. The van der Waals surface area contributed by atoms with E-state index in [2.05, 4.69) is 0 Å². The smallest absolute Gasteiger partial charge is 0.335 e. The van der Waals surface area contributed by atoms with Gasteiger partial charge < -0.3 is 10.2 Å². The summed E-state index contributed by atoms with van der Waals surface area (Å²) in [7, 11) is 0. The molecule has 0 spiro atoms. The van der Waals surface area contributed by atoms with Crippen molar-refractivity contribution in [2.45, 2.75) is 34.1 Å². The molecule has 0 unspecified atom stereocenters. The van der Waals surface area contributed by atoms with Crippen LogP contribution in [0.5, 0.6) is 0 Å². The van der Waals surface area contributed by atoms with Crippen LogP contribution >= 0.6 is 0 Å². The normalized spacial score (nSPS) is 10.2. The summed E-state index contributed by atoms with van der Waals surface area (Å²) in [5.74, 6) is -1.60. The number of aromatic carboxylic acids is 1. The summed E-state index contributed by atoms with van der Waals surface area (Å²) in [6.07, 6.45) is 0.243. The average Bonchev–Trinajstić information content (AvgIpc) is 2.15. The Morgan fingerprint density at radius 3 is 1.72 bits per heavy atom. The standard InChI is InChI=1S/C8H8O2.C6H12O2/c1-6-2-4-7(5-3-6)8(9)10;1-6(2,3)4-5(7)8/h2-5H,1H3,(H,9,10);4H2,1-3H3,(H,7,8). The lowest BCUT2D eigenvalue weighted by Gasteiger charge is -2.13. The second-order valence-electron chi connectivity index (χ2n) is 5.30. The molecule has 1 aromatic rings. The molecule has 0 aliphatic heterocycles. The monoisotopic (exact) mass is 252 g/mol. The molecule has 0 saturated heterocycles. The summed E-state index contributed by atoms with van der Waals surface area (Å²) < 4.78 is 0. The van der Waals surface area contributed by atoms with Gasteiger partial charge in [-0.2, -0.15) is 0 Å². The molecule has 0 radical (unpaired) electrons. The predicted molar refractivity (Wildman–Crippen MR) is 69.8 cm³/mol. The Morgan fingerprint density at radius 1 is 1.06 bits per heavy atom. The van der Waals surface area contributed by atoms with Crippen LogP contribution in [0.15, 0.2) is 24.3 Å². The van der Waals surface area contributed by atoms with Crippen molar-refractivity contribution in [3.8, 4) is 0 Å². The second-order valence-corrected chi connectivity index (χ2v) is 5.30. The van der Waals surface area contributed by atoms with Crippen LogP contribution in [-0.2, 0) is 4.79 Å². The zero-order chi connectivity index (χ0) is 14.3. The van der Waals surface area contributed by atoms with E-state index in [9.17, 15) is 9.59 Å². The number of carboxylic acids is 2.